The third-order valence-corrected chi connectivity index (χ3v) is 4.82. The number of alkyl halides is 2. The third-order valence-electron chi connectivity index (χ3n) is 4.82. The number of carboxylic acid groups (broad SMARTS) is 1. The van der Waals surface area contributed by atoms with E-state index < -0.39 is 17.8 Å². The van der Waals surface area contributed by atoms with Gasteiger partial charge in [0.1, 0.15) is 11.8 Å². The van der Waals surface area contributed by atoms with Gasteiger partial charge in [-0.1, -0.05) is 0 Å². The first-order valence-electron chi connectivity index (χ1n) is 5.60. The molecule has 3 saturated carbocycles. The lowest BCUT2D eigenvalue weighted by molar-refractivity contribution is -0.178. The molecule has 0 radical (unpaired) electrons. The summed E-state index contributed by atoms with van der Waals surface area (Å²) in [7, 11) is 0. The Bertz CT molecular complexity index is 312. The molecule has 2 bridgehead atoms. The first-order chi connectivity index (χ1) is 7.05. The molecule has 3 aliphatic rings. The highest BCUT2D eigenvalue weighted by Gasteiger charge is 2.74. The van der Waals surface area contributed by atoms with Gasteiger partial charge in [-0.3, -0.25) is 4.79 Å². The van der Waals surface area contributed by atoms with Crippen LogP contribution in [0.4, 0.5) is 8.78 Å². The van der Waals surface area contributed by atoms with Crippen LogP contribution in [0.2, 0.25) is 0 Å². The van der Waals surface area contributed by atoms with Crippen molar-refractivity contribution in [2.24, 2.45) is 23.7 Å². The van der Waals surface area contributed by atoms with Crippen molar-refractivity contribution >= 4 is 5.97 Å². The van der Waals surface area contributed by atoms with E-state index in [1.807, 2.05) is 0 Å². The summed E-state index contributed by atoms with van der Waals surface area (Å²) in [5.41, 5.74) is -1.66. The summed E-state index contributed by atoms with van der Waals surface area (Å²) in [4.78, 5) is 10.6. The third kappa shape index (κ3) is 0.955. The minimum atomic E-state index is -1.66. The normalized spacial score (nSPS) is 56.3. The molecule has 4 heteroatoms. The highest BCUT2D eigenvalue weighted by atomic mass is 19.2. The van der Waals surface area contributed by atoms with Gasteiger partial charge in [0.05, 0.1) is 0 Å². The van der Waals surface area contributed by atoms with Crippen molar-refractivity contribution in [3.63, 3.8) is 0 Å². The predicted molar refractivity (Wildman–Crippen MR) is 48.8 cm³/mol. The lowest BCUT2D eigenvalue weighted by Crippen LogP contribution is -2.62. The Labute approximate surface area is 86.7 Å². The van der Waals surface area contributed by atoms with Crippen molar-refractivity contribution in [1.82, 2.24) is 0 Å². The van der Waals surface area contributed by atoms with Crippen LogP contribution >= 0.6 is 0 Å². The van der Waals surface area contributed by atoms with Gasteiger partial charge in [-0.2, -0.15) is 0 Å². The molecule has 6 unspecified atom stereocenters. The molecule has 0 heterocycles. The largest absolute Gasteiger partial charge is 0.481 e. The molecule has 0 amide bonds. The lowest BCUT2D eigenvalue weighted by Gasteiger charge is -2.55. The molecule has 0 aromatic heterocycles. The van der Waals surface area contributed by atoms with Crippen LogP contribution in [0, 0.1) is 23.7 Å². The Morgan fingerprint density at radius 2 is 2.13 bits per heavy atom. The van der Waals surface area contributed by atoms with Crippen LogP contribution in [0.25, 0.3) is 0 Å². The number of carboxylic acids is 1. The van der Waals surface area contributed by atoms with Gasteiger partial charge in [-0.15, -0.1) is 0 Å². The number of carbonyl (C=O) groups is 1. The summed E-state index contributed by atoms with van der Waals surface area (Å²) in [5.74, 6) is -1.78. The van der Waals surface area contributed by atoms with Gasteiger partial charge in [-0.25, -0.2) is 8.78 Å². The fourth-order valence-corrected chi connectivity index (χ4v) is 4.24. The van der Waals surface area contributed by atoms with Gasteiger partial charge in [-0.05, 0) is 37.0 Å². The number of aliphatic carboxylic acids is 1. The molecule has 0 saturated heterocycles. The van der Waals surface area contributed by atoms with Gasteiger partial charge in [0, 0.05) is 12.3 Å². The zero-order chi connectivity index (χ0) is 10.8. The quantitative estimate of drug-likeness (QED) is 0.768. The van der Waals surface area contributed by atoms with Crippen LogP contribution in [0.15, 0.2) is 0 Å². The molecule has 6 atom stereocenters. The van der Waals surface area contributed by atoms with Crippen molar-refractivity contribution in [1.29, 1.82) is 0 Å². The van der Waals surface area contributed by atoms with Gasteiger partial charge < -0.3 is 5.11 Å². The zero-order valence-corrected chi connectivity index (χ0v) is 8.33. The summed E-state index contributed by atoms with van der Waals surface area (Å²) >= 11 is 0. The molecular formula is C11H14F2O2. The fraction of sp³-hybridized carbons (Fsp3) is 0.909. The standard InChI is InChI=1S/C11H14F2O2/c12-10-5-1-2-7-6(4-9(14)15)8(3-5)11(7,10)13/h5-8,10H,1-4H2,(H,14,15). The maximum Gasteiger partial charge on any atom is 0.303 e. The number of hydrogen-bond acceptors (Lipinski definition) is 1. The second-order valence-electron chi connectivity index (χ2n) is 5.28. The smallest absolute Gasteiger partial charge is 0.303 e. The molecule has 0 aromatic rings. The van der Waals surface area contributed by atoms with E-state index in [2.05, 4.69) is 0 Å². The second kappa shape index (κ2) is 2.71. The molecule has 3 aliphatic carbocycles. The van der Waals surface area contributed by atoms with Crippen molar-refractivity contribution < 1.29 is 18.7 Å². The highest BCUT2D eigenvalue weighted by Crippen LogP contribution is 2.69. The second-order valence-corrected chi connectivity index (χ2v) is 5.28. The molecule has 1 N–H and O–H groups in total. The molecular weight excluding hydrogens is 202 g/mol. The first-order valence-corrected chi connectivity index (χ1v) is 5.60. The van der Waals surface area contributed by atoms with E-state index in [1.165, 1.54) is 0 Å². The summed E-state index contributed by atoms with van der Waals surface area (Å²) in [6.45, 7) is 0. The van der Waals surface area contributed by atoms with Crippen LogP contribution in [0.1, 0.15) is 25.7 Å². The van der Waals surface area contributed by atoms with Crippen LogP contribution in [-0.4, -0.2) is 22.9 Å². The summed E-state index contributed by atoms with van der Waals surface area (Å²) in [5, 5.41) is 8.73. The minimum absolute atomic E-state index is 0.0143. The molecule has 0 spiro atoms. The zero-order valence-electron chi connectivity index (χ0n) is 8.33. The summed E-state index contributed by atoms with van der Waals surface area (Å²) < 4.78 is 28.0. The van der Waals surface area contributed by atoms with E-state index >= 15 is 0 Å². The van der Waals surface area contributed by atoms with Crippen molar-refractivity contribution in [2.45, 2.75) is 37.5 Å². The SMILES string of the molecule is O=C(O)CC1C2CCC3CC1C2(F)C3F. The fourth-order valence-electron chi connectivity index (χ4n) is 4.24. The maximum atomic E-state index is 14.3. The van der Waals surface area contributed by atoms with E-state index in [9.17, 15) is 13.6 Å². The van der Waals surface area contributed by atoms with Gasteiger partial charge in [0.2, 0.25) is 0 Å². The van der Waals surface area contributed by atoms with E-state index in [0.717, 1.165) is 6.42 Å². The topological polar surface area (TPSA) is 37.3 Å². The van der Waals surface area contributed by atoms with Crippen molar-refractivity contribution in [3.8, 4) is 0 Å². The number of halogens is 2. The molecule has 84 valence electrons. The Morgan fingerprint density at radius 3 is 2.80 bits per heavy atom. The maximum absolute atomic E-state index is 14.3. The molecule has 2 nitrogen and oxygen atoms in total. The average Bonchev–Trinajstić information content (AvgIpc) is 2.38. The molecule has 0 aliphatic heterocycles. The van der Waals surface area contributed by atoms with Crippen molar-refractivity contribution in [2.75, 3.05) is 0 Å². The molecule has 0 aromatic carbocycles. The number of rotatable bonds is 2. The van der Waals surface area contributed by atoms with Gasteiger partial charge in [0.25, 0.3) is 0 Å². The summed E-state index contributed by atoms with van der Waals surface area (Å²) in [6, 6.07) is 0. The molecule has 3 fully saturated rings. The Kier molecular flexibility index (Phi) is 1.73. The number of hydrogen-bond donors (Lipinski definition) is 1. The van der Waals surface area contributed by atoms with E-state index in [-0.39, 0.29) is 30.1 Å². The van der Waals surface area contributed by atoms with Gasteiger partial charge in [0.15, 0.2) is 0 Å². The minimum Gasteiger partial charge on any atom is -0.481 e. The molecule has 3 rings (SSSR count). The Morgan fingerprint density at radius 1 is 1.40 bits per heavy atom. The van der Waals surface area contributed by atoms with Crippen LogP contribution in [0.5, 0.6) is 0 Å². The predicted octanol–water partition coefficient (Wildman–Crippen LogP) is 2.18. The average molecular weight is 216 g/mol. The van der Waals surface area contributed by atoms with E-state index in [0.29, 0.717) is 12.8 Å². The van der Waals surface area contributed by atoms with Crippen LogP contribution in [0.3, 0.4) is 0 Å². The monoisotopic (exact) mass is 216 g/mol. The summed E-state index contributed by atoms with van der Waals surface area (Å²) in [6.07, 6.45) is 0.665. The van der Waals surface area contributed by atoms with E-state index in [4.69, 9.17) is 5.11 Å². The molecule has 15 heavy (non-hydrogen) atoms. The Hall–Kier alpha value is -0.670. The lowest BCUT2D eigenvalue weighted by atomic mass is 9.52. The number of fused-ring (bicyclic) bond motifs is 1. The van der Waals surface area contributed by atoms with Crippen LogP contribution < -0.4 is 0 Å². The van der Waals surface area contributed by atoms with E-state index in [1.54, 1.807) is 0 Å². The van der Waals surface area contributed by atoms with Gasteiger partial charge >= 0.3 is 5.97 Å². The Balaban J connectivity index is 1.86. The first kappa shape index (κ1) is 9.55. The highest BCUT2D eigenvalue weighted by molar-refractivity contribution is 5.67. The van der Waals surface area contributed by atoms with Crippen molar-refractivity contribution in [3.05, 3.63) is 0 Å². The van der Waals surface area contributed by atoms with Crippen LogP contribution in [-0.2, 0) is 4.79 Å².